The largest absolute Gasteiger partial charge is 0.480 e. The molecule has 1 unspecified atom stereocenters. The summed E-state index contributed by atoms with van der Waals surface area (Å²) in [4.78, 5) is 10.7. The van der Waals surface area contributed by atoms with Crippen molar-refractivity contribution >= 4 is 5.97 Å². The van der Waals surface area contributed by atoms with Crippen molar-refractivity contribution in [3.8, 4) is 0 Å². The predicted octanol–water partition coefficient (Wildman–Crippen LogP) is 2.91. The van der Waals surface area contributed by atoms with E-state index in [4.69, 9.17) is 10.8 Å². The van der Waals surface area contributed by atoms with Crippen molar-refractivity contribution in [2.45, 2.75) is 32.2 Å². The summed E-state index contributed by atoms with van der Waals surface area (Å²) in [5.41, 5.74) is 5.40. The second kappa shape index (κ2) is 5.44. The molecule has 5 heteroatoms. The van der Waals surface area contributed by atoms with Gasteiger partial charge in [0.15, 0.2) is 0 Å². The lowest BCUT2D eigenvalue weighted by Crippen LogP contribution is -2.22. The number of nitrogens with two attached hydrogens (primary N) is 1. The van der Waals surface area contributed by atoms with E-state index in [1.807, 2.05) is 0 Å². The smallest absolute Gasteiger partial charge is 0.325 e. The fraction of sp³-hybridized carbons (Fsp3) is 0.462. The van der Waals surface area contributed by atoms with Crippen LogP contribution in [0.1, 0.15) is 37.4 Å². The van der Waals surface area contributed by atoms with Gasteiger partial charge in [0, 0.05) is 12.0 Å². The van der Waals surface area contributed by atoms with Gasteiger partial charge >= 0.3 is 5.97 Å². The summed E-state index contributed by atoms with van der Waals surface area (Å²) in [7, 11) is 0. The van der Waals surface area contributed by atoms with E-state index in [0.717, 1.165) is 0 Å². The standard InChI is InChI=1S/C13H17F2NO2/c1-8(2)7-13(14,15)10-5-3-4-9(6-10)11(16)12(17)18/h3-6,8,11H,7,16H2,1-2H3,(H,17,18). The van der Waals surface area contributed by atoms with Gasteiger partial charge in [-0.2, -0.15) is 0 Å². The Hall–Kier alpha value is -1.49. The fourth-order valence-corrected chi connectivity index (χ4v) is 1.73. The molecule has 0 bridgehead atoms. The molecule has 100 valence electrons. The van der Waals surface area contributed by atoms with Gasteiger partial charge in [-0.15, -0.1) is 0 Å². The molecule has 0 aliphatic rings. The van der Waals surface area contributed by atoms with E-state index in [-0.39, 0.29) is 23.5 Å². The van der Waals surface area contributed by atoms with E-state index >= 15 is 0 Å². The molecule has 0 saturated heterocycles. The van der Waals surface area contributed by atoms with Crippen LogP contribution in [0.5, 0.6) is 0 Å². The predicted molar refractivity (Wildman–Crippen MR) is 64.4 cm³/mol. The van der Waals surface area contributed by atoms with E-state index < -0.39 is 17.9 Å². The lowest BCUT2D eigenvalue weighted by atomic mass is 9.95. The second-order valence-corrected chi connectivity index (χ2v) is 4.74. The van der Waals surface area contributed by atoms with Crippen molar-refractivity contribution in [1.29, 1.82) is 0 Å². The number of benzene rings is 1. The van der Waals surface area contributed by atoms with Crippen LogP contribution in [0.2, 0.25) is 0 Å². The van der Waals surface area contributed by atoms with E-state index in [2.05, 4.69) is 0 Å². The van der Waals surface area contributed by atoms with Gasteiger partial charge in [0.05, 0.1) is 0 Å². The normalized spacial score (nSPS) is 13.7. The molecule has 1 aromatic carbocycles. The molecular formula is C13H17F2NO2. The highest BCUT2D eigenvalue weighted by atomic mass is 19.3. The molecular weight excluding hydrogens is 240 g/mol. The van der Waals surface area contributed by atoms with E-state index in [1.54, 1.807) is 13.8 Å². The molecule has 0 aliphatic heterocycles. The Morgan fingerprint density at radius 3 is 2.56 bits per heavy atom. The number of aliphatic carboxylic acids is 1. The lowest BCUT2D eigenvalue weighted by molar-refractivity contribution is -0.138. The topological polar surface area (TPSA) is 63.3 Å². The van der Waals surface area contributed by atoms with Gasteiger partial charge in [-0.3, -0.25) is 4.79 Å². The minimum Gasteiger partial charge on any atom is -0.480 e. The Morgan fingerprint density at radius 2 is 2.06 bits per heavy atom. The van der Waals surface area contributed by atoms with E-state index in [0.29, 0.717) is 0 Å². The number of alkyl halides is 2. The van der Waals surface area contributed by atoms with Gasteiger partial charge in [-0.25, -0.2) is 8.78 Å². The zero-order chi connectivity index (χ0) is 13.9. The second-order valence-electron chi connectivity index (χ2n) is 4.74. The Labute approximate surface area is 105 Å². The molecule has 3 nitrogen and oxygen atoms in total. The maximum atomic E-state index is 13.9. The molecule has 0 fully saturated rings. The summed E-state index contributed by atoms with van der Waals surface area (Å²) in [5, 5.41) is 8.76. The lowest BCUT2D eigenvalue weighted by Gasteiger charge is -2.20. The summed E-state index contributed by atoms with van der Waals surface area (Å²) >= 11 is 0. The first-order chi connectivity index (χ1) is 8.24. The third kappa shape index (κ3) is 3.50. The molecule has 0 radical (unpaired) electrons. The summed E-state index contributed by atoms with van der Waals surface area (Å²) in [6.07, 6.45) is -0.279. The molecule has 0 aliphatic carbocycles. The third-order valence-electron chi connectivity index (χ3n) is 2.60. The Morgan fingerprint density at radius 1 is 1.44 bits per heavy atom. The van der Waals surface area contributed by atoms with Crippen molar-refractivity contribution in [1.82, 2.24) is 0 Å². The molecule has 0 saturated carbocycles. The van der Waals surface area contributed by atoms with Crippen LogP contribution in [0.3, 0.4) is 0 Å². The summed E-state index contributed by atoms with van der Waals surface area (Å²) in [6.45, 7) is 3.42. The molecule has 1 atom stereocenters. The Balaban J connectivity index is 3.05. The zero-order valence-corrected chi connectivity index (χ0v) is 10.4. The molecule has 0 heterocycles. The van der Waals surface area contributed by atoms with Crippen LogP contribution in [0.25, 0.3) is 0 Å². The highest BCUT2D eigenvalue weighted by Crippen LogP contribution is 2.35. The molecule has 3 N–H and O–H groups in total. The summed E-state index contributed by atoms with van der Waals surface area (Å²) in [5.74, 6) is -4.36. The number of carbonyl (C=O) groups is 1. The fourth-order valence-electron chi connectivity index (χ4n) is 1.73. The van der Waals surface area contributed by atoms with Crippen LogP contribution in [-0.2, 0) is 10.7 Å². The SMILES string of the molecule is CC(C)CC(F)(F)c1cccc(C(N)C(=O)O)c1. The van der Waals surface area contributed by atoms with Crippen molar-refractivity contribution in [3.05, 3.63) is 35.4 Å². The molecule has 0 amide bonds. The van der Waals surface area contributed by atoms with Crippen LogP contribution in [0.4, 0.5) is 8.78 Å². The molecule has 1 rings (SSSR count). The number of hydrogen-bond donors (Lipinski definition) is 2. The van der Waals surface area contributed by atoms with Crippen molar-refractivity contribution in [2.75, 3.05) is 0 Å². The maximum absolute atomic E-state index is 13.9. The quantitative estimate of drug-likeness (QED) is 0.852. The van der Waals surface area contributed by atoms with Gasteiger partial charge in [0.25, 0.3) is 5.92 Å². The van der Waals surface area contributed by atoms with E-state index in [9.17, 15) is 13.6 Å². The molecule has 18 heavy (non-hydrogen) atoms. The third-order valence-corrected chi connectivity index (χ3v) is 2.60. The van der Waals surface area contributed by atoms with Crippen LogP contribution in [0, 0.1) is 5.92 Å². The Kier molecular flexibility index (Phi) is 4.40. The average Bonchev–Trinajstić information content (AvgIpc) is 2.26. The zero-order valence-electron chi connectivity index (χ0n) is 10.4. The van der Waals surface area contributed by atoms with Crippen molar-refractivity contribution in [2.24, 2.45) is 11.7 Å². The number of carboxylic acid groups (broad SMARTS) is 1. The molecule has 0 spiro atoms. The van der Waals surface area contributed by atoms with Gasteiger partial charge in [0.2, 0.25) is 0 Å². The van der Waals surface area contributed by atoms with E-state index in [1.165, 1.54) is 24.3 Å². The van der Waals surface area contributed by atoms with Gasteiger partial charge in [0.1, 0.15) is 6.04 Å². The number of halogens is 2. The molecule has 1 aromatic rings. The highest BCUT2D eigenvalue weighted by molar-refractivity contribution is 5.75. The number of rotatable bonds is 5. The van der Waals surface area contributed by atoms with Crippen molar-refractivity contribution in [3.63, 3.8) is 0 Å². The highest BCUT2D eigenvalue weighted by Gasteiger charge is 2.33. The first-order valence-electron chi connectivity index (χ1n) is 5.70. The van der Waals surface area contributed by atoms with Gasteiger partial charge in [-0.1, -0.05) is 32.0 Å². The van der Waals surface area contributed by atoms with Crippen LogP contribution >= 0.6 is 0 Å². The number of hydrogen-bond acceptors (Lipinski definition) is 2. The van der Waals surface area contributed by atoms with Crippen LogP contribution in [0.15, 0.2) is 24.3 Å². The first-order valence-corrected chi connectivity index (χ1v) is 5.70. The van der Waals surface area contributed by atoms with Gasteiger partial charge < -0.3 is 10.8 Å². The minimum absolute atomic E-state index is 0.156. The first kappa shape index (κ1) is 14.6. The minimum atomic E-state index is -2.97. The van der Waals surface area contributed by atoms with Crippen molar-refractivity contribution < 1.29 is 18.7 Å². The summed E-state index contributed by atoms with van der Waals surface area (Å²) < 4.78 is 27.7. The van der Waals surface area contributed by atoms with Gasteiger partial charge in [-0.05, 0) is 17.5 Å². The monoisotopic (exact) mass is 257 g/mol. The molecule has 0 aromatic heterocycles. The van der Waals surface area contributed by atoms with Crippen LogP contribution < -0.4 is 5.73 Å². The van der Waals surface area contributed by atoms with Crippen LogP contribution in [-0.4, -0.2) is 11.1 Å². The maximum Gasteiger partial charge on any atom is 0.325 e. The number of carboxylic acids is 1. The average molecular weight is 257 g/mol. The summed E-state index contributed by atoms with van der Waals surface area (Å²) in [6, 6.07) is 4.02. The Bertz CT molecular complexity index is 433.